The molecule has 1 fully saturated rings. The third-order valence-corrected chi connectivity index (χ3v) is 5.35. The molecule has 0 aliphatic carbocycles. The molecule has 6 heteroatoms. The van der Waals surface area contributed by atoms with Gasteiger partial charge in [0.15, 0.2) is 0 Å². The van der Waals surface area contributed by atoms with Crippen LogP contribution in [0.5, 0.6) is 0 Å². The Morgan fingerprint density at radius 3 is 2.55 bits per heavy atom. The van der Waals surface area contributed by atoms with Gasteiger partial charge in [-0.1, -0.05) is 38.1 Å². The van der Waals surface area contributed by atoms with Crippen molar-refractivity contribution in [1.82, 2.24) is 10.2 Å². The summed E-state index contributed by atoms with van der Waals surface area (Å²) in [5.41, 5.74) is 0.643. The Hall–Kier alpha value is -2.76. The molecule has 1 heterocycles. The highest BCUT2D eigenvalue weighted by atomic mass is 19.1. The van der Waals surface area contributed by atoms with Gasteiger partial charge in [0.1, 0.15) is 11.6 Å². The molecular weight excluding hydrogens is 374 g/mol. The Bertz CT molecular complexity index is 885. The molecule has 1 aliphatic rings. The van der Waals surface area contributed by atoms with Crippen LogP contribution in [0.25, 0.3) is 0 Å². The van der Waals surface area contributed by atoms with E-state index in [9.17, 15) is 18.4 Å². The number of nitrogens with one attached hydrogen (secondary N) is 1. The van der Waals surface area contributed by atoms with E-state index in [0.717, 1.165) is 6.42 Å². The Kier molecular flexibility index (Phi) is 6.62. The van der Waals surface area contributed by atoms with Gasteiger partial charge in [-0.15, -0.1) is 0 Å². The second-order valence-corrected chi connectivity index (χ2v) is 7.93. The summed E-state index contributed by atoms with van der Waals surface area (Å²) < 4.78 is 27.9. The number of carbonyl (C=O) groups is 2. The summed E-state index contributed by atoms with van der Waals surface area (Å²) in [4.78, 5) is 27.2. The lowest BCUT2D eigenvalue weighted by molar-refractivity contribution is -0.124. The number of carbonyl (C=O) groups excluding carboxylic acids is 2. The molecular formula is C23H26F2N2O2. The SMILES string of the molecule is CC(C)CCNC(=O)[C@H]1CN(C(=O)c2ccccc2F)C[C@H]1c1cccc(F)c1. The normalized spacial score (nSPS) is 18.9. The first-order chi connectivity index (χ1) is 13.9. The summed E-state index contributed by atoms with van der Waals surface area (Å²) in [6, 6.07) is 11.9. The summed E-state index contributed by atoms with van der Waals surface area (Å²) in [7, 11) is 0. The predicted octanol–water partition coefficient (Wildman–Crippen LogP) is 3.98. The van der Waals surface area contributed by atoms with Crippen LogP contribution in [0.1, 0.15) is 42.1 Å². The van der Waals surface area contributed by atoms with Gasteiger partial charge in [-0.25, -0.2) is 8.78 Å². The van der Waals surface area contributed by atoms with Gasteiger partial charge in [-0.2, -0.15) is 0 Å². The molecule has 2 amide bonds. The molecule has 1 N–H and O–H groups in total. The highest BCUT2D eigenvalue weighted by molar-refractivity contribution is 5.95. The van der Waals surface area contributed by atoms with E-state index in [2.05, 4.69) is 19.2 Å². The number of hydrogen-bond donors (Lipinski definition) is 1. The van der Waals surface area contributed by atoms with Gasteiger partial charge in [0.05, 0.1) is 11.5 Å². The third kappa shape index (κ3) is 5.00. The monoisotopic (exact) mass is 400 g/mol. The van der Waals surface area contributed by atoms with E-state index in [0.29, 0.717) is 18.0 Å². The smallest absolute Gasteiger partial charge is 0.256 e. The molecule has 2 aromatic carbocycles. The van der Waals surface area contributed by atoms with Crippen LogP contribution in [-0.4, -0.2) is 36.3 Å². The largest absolute Gasteiger partial charge is 0.356 e. The minimum Gasteiger partial charge on any atom is -0.356 e. The fraction of sp³-hybridized carbons (Fsp3) is 0.391. The van der Waals surface area contributed by atoms with Crippen LogP contribution in [0.15, 0.2) is 48.5 Å². The predicted molar refractivity (Wildman–Crippen MR) is 107 cm³/mol. The van der Waals surface area contributed by atoms with Crippen molar-refractivity contribution in [2.45, 2.75) is 26.2 Å². The highest BCUT2D eigenvalue weighted by Crippen LogP contribution is 2.34. The zero-order valence-corrected chi connectivity index (χ0v) is 16.7. The van der Waals surface area contributed by atoms with Crippen molar-refractivity contribution in [3.05, 3.63) is 71.3 Å². The van der Waals surface area contributed by atoms with Gasteiger partial charge < -0.3 is 10.2 Å². The third-order valence-electron chi connectivity index (χ3n) is 5.35. The van der Waals surface area contributed by atoms with E-state index < -0.39 is 17.6 Å². The number of likely N-dealkylation sites (tertiary alicyclic amines) is 1. The van der Waals surface area contributed by atoms with Crippen LogP contribution in [0, 0.1) is 23.5 Å². The maximum Gasteiger partial charge on any atom is 0.256 e. The lowest BCUT2D eigenvalue weighted by Gasteiger charge is -2.18. The Balaban J connectivity index is 1.82. The van der Waals surface area contributed by atoms with E-state index in [1.54, 1.807) is 18.2 Å². The molecule has 3 rings (SSSR count). The molecule has 0 saturated carbocycles. The maximum absolute atomic E-state index is 14.1. The molecule has 0 bridgehead atoms. The molecule has 1 saturated heterocycles. The summed E-state index contributed by atoms with van der Waals surface area (Å²) >= 11 is 0. The summed E-state index contributed by atoms with van der Waals surface area (Å²) in [5.74, 6) is -2.01. The second kappa shape index (κ2) is 9.16. The maximum atomic E-state index is 14.1. The van der Waals surface area contributed by atoms with Crippen LogP contribution in [0.3, 0.4) is 0 Å². The van der Waals surface area contributed by atoms with Crippen molar-refractivity contribution in [3.8, 4) is 0 Å². The quantitative estimate of drug-likeness (QED) is 0.797. The molecule has 4 nitrogen and oxygen atoms in total. The standard InChI is InChI=1S/C23H26F2N2O2/c1-15(2)10-11-26-22(28)20-14-27(23(29)18-8-3-4-9-21(18)25)13-19(20)16-6-5-7-17(24)12-16/h3-9,12,15,19-20H,10-11,13-14H2,1-2H3,(H,26,28)/t19-,20-/m0/s1. The summed E-state index contributed by atoms with van der Waals surface area (Å²) in [6.45, 7) is 5.10. The fourth-order valence-electron chi connectivity index (χ4n) is 3.73. The highest BCUT2D eigenvalue weighted by Gasteiger charge is 2.41. The Morgan fingerprint density at radius 1 is 1.10 bits per heavy atom. The zero-order valence-electron chi connectivity index (χ0n) is 16.7. The molecule has 0 spiro atoms. The first-order valence-electron chi connectivity index (χ1n) is 9.93. The lowest BCUT2D eigenvalue weighted by atomic mass is 9.88. The Morgan fingerprint density at radius 2 is 1.86 bits per heavy atom. The van der Waals surface area contributed by atoms with Gasteiger partial charge in [-0.05, 0) is 42.2 Å². The van der Waals surface area contributed by atoms with Crippen LogP contribution in [0.2, 0.25) is 0 Å². The molecule has 29 heavy (non-hydrogen) atoms. The van der Waals surface area contributed by atoms with E-state index in [-0.39, 0.29) is 36.3 Å². The Labute approximate surface area is 169 Å². The van der Waals surface area contributed by atoms with Crippen molar-refractivity contribution in [2.75, 3.05) is 19.6 Å². The summed E-state index contributed by atoms with van der Waals surface area (Å²) in [6.07, 6.45) is 0.848. The summed E-state index contributed by atoms with van der Waals surface area (Å²) in [5, 5.41) is 2.94. The van der Waals surface area contributed by atoms with E-state index >= 15 is 0 Å². The van der Waals surface area contributed by atoms with Gasteiger partial charge >= 0.3 is 0 Å². The van der Waals surface area contributed by atoms with Crippen LogP contribution in [-0.2, 0) is 4.79 Å². The number of hydrogen-bond acceptors (Lipinski definition) is 2. The number of nitrogens with zero attached hydrogens (tertiary/aromatic N) is 1. The molecule has 2 atom stereocenters. The minimum absolute atomic E-state index is 0.0219. The van der Waals surface area contributed by atoms with E-state index in [1.165, 1.54) is 35.2 Å². The minimum atomic E-state index is -0.593. The lowest BCUT2D eigenvalue weighted by Crippen LogP contribution is -2.36. The van der Waals surface area contributed by atoms with Crippen LogP contribution >= 0.6 is 0 Å². The second-order valence-electron chi connectivity index (χ2n) is 7.93. The molecule has 2 aromatic rings. The van der Waals surface area contributed by atoms with Gasteiger partial charge in [-0.3, -0.25) is 9.59 Å². The van der Waals surface area contributed by atoms with Gasteiger partial charge in [0.25, 0.3) is 5.91 Å². The first-order valence-corrected chi connectivity index (χ1v) is 9.93. The number of benzene rings is 2. The van der Waals surface area contributed by atoms with Crippen molar-refractivity contribution in [2.24, 2.45) is 11.8 Å². The zero-order chi connectivity index (χ0) is 21.0. The van der Waals surface area contributed by atoms with Crippen LogP contribution in [0.4, 0.5) is 8.78 Å². The first kappa shape index (κ1) is 21.0. The van der Waals surface area contributed by atoms with Gasteiger partial charge in [0.2, 0.25) is 5.91 Å². The van der Waals surface area contributed by atoms with E-state index in [4.69, 9.17) is 0 Å². The van der Waals surface area contributed by atoms with Gasteiger partial charge in [0, 0.05) is 25.6 Å². The number of halogens is 2. The number of amides is 2. The molecule has 154 valence electrons. The average molecular weight is 400 g/mol. The van der Waals surface area contributed by atoms with Crippen molar-refractivity contribution in [1.29, 1.82) is 0 Å². The average Bonchev–Trinajstić information content (AvgIpc) is 3.13. The molecule has 0 aromatic heterocycles. The van der Waals surface area contributed by atoms with Crippen molar-refractivity contribution < 1.29 is 18.4 Å². The fourth-order valence-corrected chi connectivity index (χ4v) is 3.73. The molecule has 0 radical (unpaired) electrons. The molecule has 0 unspecified atom stereocenters. The van der Waals surface area contributed by atoms with Crippen LogP contribution < -0.4 is 5.32 Å². The van der Waals surface area contributed by atoms with Crippen molar-refractivity contribution in [3.63, 3.8) is 0 Å². The topological polar surface area (TPSA) is 49.4 Å². The number of rotatable bonds is 6. The van der Waals surface area contributed by atoms with E-state index in [1.807, 2.05) is 0 Å². The molecule has 1 aliphatic heterocycles. The van der Waals surface area contributed by atoms with Crippen molar-refractivity contribution >= 4 is 11.8 Å².